The number of hydrogen-bond acceptors (Lipinski definition) is 9. The van der Waals surface area contributed by atoms with Gasteiger partial charge in [-0.3, -0.25) is 9.80 Å². The van der Waals surface area contributed by atoms with Crippen LogP contribution in [0.15, 0.2) is 48.8 Å². The zero-order chi connectivity index (χ0) is 39.0. The van der Waals surface area contributed by atoms with Crippen molar-refractivity contribution < 1.29 is 0 Å². The fourth-order valence-electron chi connectivity index (χ4n) is 8.55. The van der Waals surface area contributed by atoms with Crippen LogP contribution < -0.4 is 15.1 Å². The van der Waals surface area contributed by atoms with Gasteiger partial charge in [-0.05, 0) is 83.9 Å². The monoisotopic (exact) mass is 750 g/mol. The average molecular weight is 750 g/mol. The van der Waals surface area contributed by atoms with Gasteiger partial charge in [-0.25, -0.2) is 9.97 Å². The van der Waals surface area contributed by atoms with Gasteiger partial charge in [0.15, 0.2) is 0 Å². The number of benzene rings is 1. The Labute approximate surface area is 333 Å². The van der Waals surface area contributed by atoms with Crippen molar-refractivity contribution >= 4 is 11.6 Å². The number of likely N-dealkylation sites (tertiary alicyclic amines) is 1. The molecule has 308 valence electrons. The highest BCUT2D eigenvalue weighted by Crippen LogP contribution is 2.26. The van der Waals surface area contributed by atoms with Gasteiger partial charge in [-0.2, -0.15) is 0 Å². The number of aromatic nitrogens is 2. The zero-order valence-corrected chi connectivity index (χ0v) is 36.3. The van der Waals surface area contributed by atoms with E-state index in [1.54, 1.807) is 0 Å². The van der Waals surface area contributed by atoms with Crippen molar-refractivity contribution in [2.24, 2.45) is 5.92 Å². The summed E-state index contributed by atoms with van der Waals surface area (Å²) in [6, 6.07) is 15.1. The summed E-state index contributed by atoms with van der Waals surface area (Å²) in [6.45, 7) is 28.3. The van der Waals surface area contributed by atoms with Crippen molar-refractivity contribution in [3.8, 4) is 0 Å². The van der Waals surface area contributed by atoms with Gasteiger partial charge in [0, 0.05) is 114 Å². The smallest absolute Gasteiger partial charge is 0.225 e. The number of rotatable bonds is 10. The second kappa shape index (κ2) is 27.3. The van der Waals surface area contributed by atoms with Gasteiger partial charge >= 0.3 is 0 Å². The highest BCUT2D eigenvalue weighted by atomic mass is 15.3. The fourth-order valence-corrected chi connectivity index (χ4v) is 8.55. The minimum atomic E-state index is 0.761. The van der Waals surface area contributed by atoms with Gasteiger partial charge in [0.25, 0.3) is 0 Å². The van der Waals surface area contributed by atoms with Crippen molar-refractivity contribution in [2.45, 2.75) is 124 Å². The summed E-state index contributed by atoms with van der Waals surface area (Å²) in [5, 5.41) is 3.43. The van der Waals surface area contributed by atoms with Gasteiger partial charge in [0.05, 0.1) is 0 Å². The minimum Gasteiger partial charge on any atom is -0.369 e. The first kappa shape index (κ1) is 46.1. The minimum absolute atomic E-state index is 0.761. The van der Waals surface area contributed by atoms with Crippen LogP contribution in [0.1, 0.15) is 106 Å². The molecule has 4 saturated heterocycles. The van der Waals surface area contributed by atoms with Crippen LogP contribution in [0.5, 0.6) is 0 Å². The maximum atomic E-state index is 4.34. The molecule has 5 fully saturated rings. The predicted octanol–water partition coefficient (Wildman–Crippen LogP) is 7.60. The maximum absolute atomic E-state index is 4.34. The Morgan fingerprint density at radius 2 is 1.13 bits per heavy atom. The van der Waals surface area contributed by atoms with E-state index in [1.807, 2.05) is 46.2 Å². The standard InChI is InChI=1S/C18H30N6.C17H27N3.C6H14.2C2H6/c1-21-7-3-17(4-8-21)23-11-9-22(10-12-23)13-16-14-24(15-16)18-19-5-2-6-20-18;1-18-15-7-9-17(10-8-15)20-13-11-19(12-14-20)16-5-3-2-4-6-16;1-3-5-6-4-2;2*1-2/h2,5-6,16-17H,3-4,7-15H2,1H3;2-6,15,17-18H,7-14H2,1H3;3-6H2,1-2H3;2*1-2H3. The van der Waals surface area contributed by atoms with E-state index in [2.05, 4.69) is 103 Å². The highest BCUT2D eigenvalue weighted by Gasteiger charge is 2.32. The van der Waals surface area contributed by atoms with Gasteiger partial charge in [-0.1, -0.05) is 85.4 Å². The highest BCUT2D eigenvalue weighted by molar-refractivity contribution is 5.46. The van der Waals surface area contributed by atoms with Crippen molar-refractivity contribution in [1.29, 1.82) is 0 Å². The Kier molecular flexibility index (Phi) is 23.3. The molecule has 1 aromatic heterocycles. The lowest BCUT2D eigenvalue weighted by Gasteiger charge is -2.45. The quantitative estimate of drug-likeness (QED) is 0.248. The first-order valence-corrected chi connectivity index (χ1v) is 22.4. The van der Waals surface area contributed by atoms with E-state index in [-0.39, 0.29) is 0 Å². The average Bonchev–Trinajstić information content (AvgIpc) is 3.24. The van der Waals surface area contributed by atoms with Crippen LogP contribution >= 0.6 is 0 Å². The third kappa shape index (κ3) is 15.7. The molecule has 1 aromatic carbocycles. The third-order valence-corrected chi connectivity index (χ3v) is 11.9. The van der Waals surface area contributed by atoms with Crippen molar-refractivity contribution in [3.63, 3.8) is 0 Å². The number of anilines is 2. The number of para-hydroxylation sites is 1. The molecule has 9 heteroatoms. The molecule has 0 atom stereocenters. The summed E-state index contributed by atoms with van der Waals surface area (Å²) >= 11 is 0. The molecule has 5 aliphatic rings. The molecule has 54 heavy (non-hydrogen) atoms. The third-order valence-electron chi connectivity index (χ3n) is 11.9. The lowest BCUT2D eigenvalue weighted by molar-refractivity contribution is 0.0562. The van der Waals surface area contributed by atoms with E-state index in [9.17, 15) is 0 Å². The Balaban J connectivity index is 0.000000237. The van der Waals surface area contributed by atoms with Gasteiger partial charge in [-0.15, -0.1) is 0 Å². The molecule has 9 nitrogen and oxygen atoms in total. The molecule has 0 bridgehead atoms. The Hall–Kier alpha value is -2.30. The number of unbranched alkanes of at least 4 members (excludes halogenated alkanes) is 3. The van der Waals surface area contributed by atoms with E-state index >= 15 is 0 Å². The molecule has 4 aliphatic heterocycles. The molecule has 2 aromatic rings. The zero-order valence-electron chi connectivity index (χ0n) is 36.3. The molecular weight excluding hydrogens is 667 g/mol. The topological polar surface area (TPSA) is 57.3 Å². The van der Waals surface area contributed by atoms with Gasteiger partial charge < -0.3 is 24.9 Å². The van der Waals surface area contributed by atoms with Gasteiger partial charge in [0.1, 0.15) is 0 Å². The molecule has 5 heterocycles. The number of nitrogens with zero attached hydrogens (tertiary/aromatic N) is 8. The second-order valence-corrected chi connectivity index (χ2v) is 15.6. The number of hydrogen-bond donors (Lipinski definition) is 1. The number of piperazine rings is 2. The van der Waals surface area contributed by atoms with Crippen LogP contribution in [0, 0.1) is 5.92 Å². The summed E-state index contributed by atoms with van der Waals surface area (Å²) in [7, 11) is 4.35. The second-order valence-electron chi connectivity index (χ2n) is 15.6. The number of piperidine rings is 1. The molecule has 0 unspecified atom stereocenters. The molecule has 1 aliphatic carbocycles. The first-order chi connectivity index (χ1) is 26.6. The molecule has 0 radical (unpaired) electrons. The van der Waals surface area contributed by atoms with E-state index in [0.29, 0.717) is 0 Å². The summed E-state index contributed by atoms with van der Waals surface area (Å²) < 4.78 is 0. The van der Waals surface area contributed by atoms with Crippen LogP contribution in [0.4, 0.5) is 11.6 Å². The number of nitrogens with one attached hydrogen (secondary N) is 1. The lowest BCUT2D eigenvalue weighted by atomic mass is 9.90. The van der Waals surface area contributed by atoms with Crippen LogP contribution in [0.3, 0.4) is 0 Å². The van der Waals surface area contributed by atoms with E-state index in [0.717, 1.165) is 43.1 Å². The van der Waals surface area contributed by atoms with Crippen LogP contribution in [-0.2, 0) is 0 Å². The summed E-state index contributed by atoms with van der Waals surface area (Å²) in [4.78, 5) is 24.1. The molecule has 0 amide bonds. The van der Waals surface area contributed by atoms with Crippen molar-refractivity contribution in [1.82, 2.24) is 34.9 Å². The summed E-state index contributed by atoms with van der Waals surface area (Å²) in [5.41, 5.74) is 1.38. The van der Waals surface area contributed by atoms with E-state index in [1.165, 1.54) is 142 Å². The molecular formula is C45H83N9. The lowest BCUT2D eigenvalue weighted by Crippen LogP contribution is -2.57. The van der Waals surface area contributed by atoms with Crippen LogP contribution in [0.25, 0.3) is 0 Å². The van der Waals surface area contributed by atoms with E-state index < -0.39 is 0 Å². The Bertz CT molecular complexity index is 1130. The summed E-state index contributed by atoms with van der Waals surface area (Å²) in [5.74, 6) is 1.67. The van der Waals surface area contributed by atoms with Crippen LogP contribution in [0.2, 0.25) is 0 Å². The summed E-state index contributed by atoms with van der Waals surface area (Å²) in [6.07, 6.45) is 17.3. The van der Waals surface area contributed by atoms with Crippen molar-refractivity contribution in [2.75, 3.05) is 109 Å². The van der Waals surface area contributed by atoms with Crippen LogP contribution in [-0.4, -0.2) is 147 Å². The van der Waals surface area contributed by atoms with Crippen molar-refractivity contribution in [3.05, 3.63) is 48.8 Å². The molecule has 1 N–H and O–H groups in total. The Morgan fingerprint density at radius 3 is 1.65 bits per heavy atom. The molecule has 1 saturated carbocycles. The molecule has 0 spiro atoms. The predicted molar refractivity (Wildman–Crippen MR) is 234 cm³/mol. The van der Waals surface area contributed by atoms with Gasteiger partial charge in [0.2, 0.25) is 5.95 Å². The maximum Gasteiger partial charge on any atom is 0.225 e. The normalized spacial score (nSPS) is 23.3. The first-order valence-electron chi connectivity index (χ1n) is 22.4. The molecule has 7 rings (SSSR count). The van der Waals surface area contributed by atoms with E-state index in [4.69, 9.17) is 0 Å². The SMILES string of the molecule is CC.CC.CCCCCC.CN1CCC(N2CCN(CC3CN(c4ncccn4)C3)CC2)CC1.CNC1CCC(N2CCN(c3ccccc3)CC2)CC1. The Morgan fingerprint density at radius 1 is 0.611 bits per heavy atom. The largest absolute Gasteiger partial charge is 0.369 e. The fraction of sp³-hybridized carbons (Fsp3) is 0.778.